The van der Waals surface area contributed by atoms with Crippen molar-refractivity contribution in [3.8, 4) is 17.2 Å². The number of hydrogen-bond acceptors (Lipinski definition) is 3. The van der Waals surface area contributed by atoms with E-state index >= 15 is 0 Å². The Morgan fingerprint density at radius 1 is 0.808 bits per heavy atom. The van der Waals surface area contributed by atoms with Gasteiger partial charge in [-0.2, -0.15) is 0 Å². The number of para-hydroxylation sites is 1. The van der Waals surface area contributed by atoms with Crippen molar-refractivity contribution < 1.29 is 14.6 Å². The van der Waals surface area contributed by atoms with Crippen LogP contribution in [0.3, 0.4) is 0 Å². The van der Waals surface area contributed by atoms with E-state index in [1.54, 1.807) is 24.3 Å². The van der Waals surface area contributed by atoms with Crippen LogP contribution in [0.4, 0.5) is 16.2 Å². The summed E-state index contributed by atoms with van der Waals surface area (Å²) in [5, 5.41) is 14.9. The van der Waals surface area contributed by atoms with Gasteiger partial charge in [-0.05, 0) is 48.5 Å². The maximum absolute atomic E-state index is 12.1. The summed E-state index contributed by atoms with van der Waals surface area (Å²) in [4.78, 5) is 12.1. The monoisotopic (exact) mass is 388 g/mol. The first kappa shape index (κ1) is 17.9. The van der Waals surface area contributed by atoms with Crippen LogP contribution in [-0.4, -0.2) is 11.1 Å². The first-order valence-electron chi connectivity index (χ1n) is 7.60. The highest BCUT2D eigenvalue weighted by Gasteiger charge is 2.09. The van der Waals surface area contributed by atoms with Gasteiger partial charge in [0.25, 0.3) is 0 Å². The van der Waals surface area contributed by atoms with Gasteiger partial charge >= 0.3 is 6.03 Å². The molecule has 5 nitrogen and oxygen atoms in total. The zero-order chi connectivity index (χ0) is 18.5. The standard InChI is InChI=1S/C19H14Cl2N2O3/c20-16-10-13(11-17(21)18(16)24)23-19(25)22-12-6-8-15(9-7-12)26-14-4-2-1-3-5-14/h1-11,24H,(H2,22,23,25). The summed E-state index contributed by atoms with van der Waals surface area (Å²) in [6, 6.07) is 18.7. The van der Waals surface area contributed by atoms with Gasteiger partial charge in [-0.25, -0.2) is 4.79 Å². The zero-order valence-electron chi connectivity index (χ0n) is 13.4. The number of carbonyl (C=O) groups is 1. The van der Waals surface area contributed by atoms with Gasteiger partial charge in [0.1, 0.15) is 11.5 Å². The molecular formula is C19H14Cl2N2O3. The third-order valence-corrected chi connectivity index (χ3v) is 3.94. The minimum Gasteiger partial charge on any atom is -0.505 e. The SMILES string of the molecule is O=C(Nc1ccc(Oc2ccccc2)cc1)Nc1cc(Cl)c(O)c(Cl)c1. The largest absolute Gasteiger partial charge is 0.505 e. The summed E-state index contributed by atoms with van der Waals surface area (Å²) in [7, 11) is 0. The highest BCUT2D eigenvalue weighted by atomic mass is 35.5. The Balaban J connectivity index is 1.61. The molecule has 0 aliphatic carbocycles. The van der Waals surface area contributed by atoms with Gasteiger partial charge < -0.3 is 20.5 Å². The number of phenolic OH excluding ortho intramolecular Hbond substituents is 1. The van der Waals surface area contributed by atoms with Crippen LogP contribution in [0.15, 0.2) is 66.7 Å². The highest BCUT2D eigenvalue weighted by molar-refractivity contribution is 6.37. The minimum atomic E-state index is -0.473. The van der Waals surface area contributed by atoms with Crippen molar-refractivity contribution in [2.24, 2.45) is 0 Å². The molecular weight excluding hydrogens is 375 g/mol. The number of aromatic hydroxyl groups is 1. The lowest BCUT2D eigenvalue weighted by Gasteiger charge is -2.10. The van der Waals surface area contributed by atoms with E-state index in [-0.39, 0.29) is 15.8 Å². The molecule has 0 saturated carbocycles. The highest BCUT2D eigenvalue weighted by Crippen LogP contribution is 2.34. The van der Waals surface area contributed by atoms with E-state index in [1.807, 2.05) is 30.3 Å². The summed E-state index contributed by atoms with van der Waals surface area (Å²) >= 11 is 11.7. The van der Waals surface area contributed by atoms with E-state index < -0.39 is 6.03 Å². The van der Waals surface area contributed by atoms with Gasteiger partial charge in [0.15, 0.2) is 5.75 Å². The van der Waals surface area contributed by atoms with Crippen molar-refractivity contribution >= 4 is 40.6 Å². The predicted molar refractivity (Wildman–Crippen MR) is 104 cm³/mol. The Bertz CT molecular complexity index is 893. The first-order valence-corrected chi connectivity index (χ1v) is 8.36. The smallest absolute Gasteiger partial charge is 0.323 e. The molecule has 2 amide bonds. The lowest BCUT2D eigenvalue weighted by atomic mass is 10.3. The van der Waals surface area contributed by atoms with Crippen molar-refractivity contribution in [2.45, 2.75) is 0 Å². The molecule has 0 unspecified atom stereocenters. The second kappa shape index (κ2) is 7.99. The second-order valence-corrected chi connectivity index (χ2v) is 6.12. The number of ether oxygens (including phenoxy) is 1. The fourth-order valence-corrected chi connectivity index (χ4v) is 2.65. The molecule has 0 radical (unpaired) electrons. The zero-order valence-corrected chi connectivity index (χ0v) is 14.9. The van der Waals surface area contributed by atoms with Gasteiger partial charge in [-0.1, -0.05) is 41.4 Å². The van der Waals surface area contributed by atoms with Crippen molar-refractivity contribution in [3.05, 3.63) is 76.8 Å². The third kappa shape index (κ3) is 4.59. The van der Waals surface area contributed by atoms with Crippen LogP contribution in [0, 0.1) is 0 Å². The number of rotatable bonds is 4. The topological polar surface area (TPSA) is 70.6 Å². The van der Waals surface area contributed by atoms with Crippen molar-refractivity contribution in [1.82, 2.24) is 0 Å². The van der Waals surface area contributed by atoms with Gasteiger partial charge in [0.05, 0.1) is 10.0 Å². The Labute approximate surface area is 160 Å². The lowest BCUT2D eigenvalue weighted by molar-refractivity contribution is 0.262. The van der Waals surface area contributed by atoms with Crippen LogP contribution in [0.25, 0.3) is 0 Å². The van der Waals surface area contributed by atoms with E-state index in [1.165, 1.54) is 12.1 Å². The number of amides is 2. The van der Waals surface area contributed by atoms with E-state index in [4.69, 9.17) is 27.9 Å². The fourth-order valence-electron chi connectivity index (χ4n) is 2.16. The first-order chi connectivity index (χ1) is 12.5. The predicted octanol–water partition coefficient (Wildman–Crippen LogP) is 6.14. The number of halogens is 2. The Kier molecular flexibility index (Phi) is 5.51. The summed E-state index contributed by atoms with van der Waals surface area (Å²) in [5.74, 6) is 1.15. The van der Waals surface area contributed by atoms with Gasteiger partial charge in [0, 0.05) is 11.4 Å². The van der Waals surface area contributed by atoms with Gasteiger partial charge in [0.2, 0.25) is 0 Å². The number of phenols is 1. The molecule has 0 fully saturated rings. The molecule has 3 aromatic rings. The normalized spacial score (nSPS) is 10.2. The minimum absolute atomic E-state index is 0.0511. The second-order valence-electron chi connectivity index (χ2n) is 5.31. The number of hydrogen-bond donors (Lipinski definition) is 3. The number of anilines is 2. The quantitative estimate of drug-likeness (QED) is 0.470. The molecule has 3 N–H and O–H groups in total. The molecule has 0 saturated heterocycles. The molecule has 26 heavy (non-hydrogen) atoms. The number of nitrogens with one attached hydrogen (secondary N) is 2. The van der Waals surface area contributed by atoms with Crippen molar-refractivity contribution in [3.63, 3.8) is 0 Å². The van der Waals surface area contributed by atoms with Gasteiger partial charge in [-0.3, -0.25) is 0 Å². The van der Waals surface area contributed by atoms with Gasteiger partial charge in [-0.15, -0.1) is 0 Å². The molecule has 0 aliphatic rings. The Morgan fingerprint density at radius 2 is 1.35 bits per heavy atom. The molecule has 132 valence electrons. The molecule has 0 spiro atoms. The summed E-state index contributed by atoms with van der Waals surface area (Å²) in [5.41, 5.74) is 0.943. The Morgan fingerprint density at radius 3 is 1.96 bits per heavy atom. The molecule has 3 rings (SSSR count). The maximum atomic E-state index is 12.1. The number of benzene rings is 3. The fraction of sp³-hybridized carbons (Fsp3) is 0. The van der Waals surface area contributed by atoms with E-state index in [0.29, 0.717) is 17.1 Å². The lowest BCUT2D eigenvalue weighted by Crippen LogP contribution is -2.19. The van der Waals surface area contributed by atoms with Crippen LogP contribution < -0.4 is 15.4 Å². The summed E-state index contributed by atoms with van der Waals surface area (Å²) < 4.78 is 5.69. The van der Waals surface area contributed by atoms with E-state index in [0.717, 1.165) is 5.75 Å². The van der Waals surface area contributed by atoms with E-state index in [2.05, 4.69) is 10.6 Å². The van der Waals surface area contributed by atoms with Crippen LogP contribution in [-0.2, 0) is 0 Å². The molecule has 0 heterocycles. The molecule has 0 aliphatic heterocycles. The average Bonchev–Trinajstić information content (AvgIpc) is 2.62. The molecule has 0 bridgehead atoms. The molecule has 3 aromatic carbocycles. The van der Waals surface area contributed by atoms with E-state index in [9.17, 15) is 9.90 Å². The summed E-state index contributed by atoms with van der Waals surface area (Å²) in [6.07, 6.45) is 0. The van der Waals surface area contributed by atoms with Crippen LogP contribution in [0.2, 0.25) is 10.0 Å². The number of urea groups is 1. The van der Waals surface area contributed by atoms with Crippen LogP contribution >= 0.6 is 23.2 Å². The average molecular weight is 389 g/mol. The summed E-state index contributed by atoms with van der Waals surface area (Å²) in [6.45, 7) is 0. The van der Waals surface area contributed by atoms with Crippen molar-refractivity contribution in [2.75, 3.05) is 10.6 Å². The van der Waals surface area contributed by atoms with Crippen LogP contribution in [0.1, 0.15) is 0 Å². The molecule has 0 atom stereocenters. The Hall–Kier alpha value is -2.89. The third-order valence-electron chi connectivity index (χ3n) is 3.37. The van der Waals surface area contributed by atoms with Crippen LogP contribution in [0.5, 0.6) is 17.2 Å². The maximum Gasteiger partial charge on any atom is 0.323 e. The molecule has 7 heteroatoms. The van der Waals surface area contributed by atoms with Crippen molar-refractivity contribution in [1.29, 1.82) is 0 Å². The molecule has 0 aromatic heterocycles. The number of carbonyl (C=O) groups excluding carboxylic acids is 1.